The molecule has 0 aliphatic carbocycles. The van der Waals surface area contributed by atoms with Crippen LogP contribution in [0.5, 0.6) is 0 Å². The number of hydrogen-bond donors (Lipinski definition) is 0. The van der Waals surface area contributed by atoms with Gasteiger partial charge in [-0.05, 0) is 61.1 Å². The molecular weight excluding hydrogens is 372 g/mol. The molecule has 0 radical (unpaired) electrons. The van der Waals surface area contributed by atoms with Crippen molar-refractivity contribution in [2.24, 2.45) is 0 Å². The van der Waals surface area contributed by atoms with Crippen molar-refractivity contribution in [3.63, 3.8) is 0 Å². The van der Waals surface area contributed by atoms with Gasteiger partial charge in [0.1, 0.15) is 0 Å². The third-order valence-electron chi connectivity index (χ3n) is 5.41. The van der Waals surface area contributed by atoms with Crippen molar-refractivity contribution in [3.8, 4) is 0 Å². The zero-order valence-corrected chi connectivity index (χ0v) is 17.6. The maximum absolute atomic E-state index is 12.6. The summed E-state index contributed by atoms with van der Waals surface area (Å²) in [5.74, 6) is 0.0861. The van der Waals surface area contributed by atoms with Gasteiger partial charge in [-0.1, -0.05) is 30.3 Å². The highest BCUT2D eigenvalue weighted by Crippen LogP contribution is 2.23. The standard InChI is InChI=1S/C22H28N2O3S/c1-17-10-11-21(15-18(17)2)24(28(3,26)27)13-6-9-22(25)23-14-12-19-7-4-5-8-20(19)16-23/h4-5,7-8,10-11,15H,6,9,12-14,16H2,1-3H3. The molecule has 0 atom stereocenters. The molecule has 2 aromatic carbocycles. The second-order valence-corrected chi connectivity index (χ2v) is 9.45. The van der Waals surface area contributed by atoms with Crippen LogP contribution in [0.25, 0.3) is 0 Å². The minimum absolute atomic E-state index is 0.0861. The Bertz CT molecular complexity index is 969. The van der Waals surface area contributed by atoms with E-state index in [0.29, 0.717) is 31.6 Å². The van der Waals surface area contributed by atoms with Crippen LogP contribution in [0.1, 0.15) is 35.1 Å². The predicted octanol–water partition coefficient (Wildman–Crippen LogP) is 3.43. The first kappa shape index (κ1) is 20.4. The molecule has 0 fully saturated rings. The second-order valence-electron chi connectivity index (χ2n) is 7.54. The van der Waals surface area contributed by atoms with Crippen LogP contribution in [0, 0.1) is 13.8 Å². The third kappa shape index (κ3) is 4.73. The lowest BCUT2D eigenvalue weighted by atomic mass is 9.99. The molecule has 6 heteroatoms. The molecular formula is C22H28N2O3S. The van der Waals surface area contributed by atoms with Gasteiger partial charge in [0.2, 0.25) is 15.9 Å². The number of nitrogens with zero attached hydrogens (tertiary/aromatic N) is 2. The Morgan fingerprint density at radius 3 is 2.46 bits per heavy atom. The number of carbonyl (C=O) groups is 1. The average molecular weight is 401 g/mol. The molecule has 0 bridgehead atoms. The fourth-order valence-electron chi connectivity index (χ4n) is 3.61. The zero-order valence-electron chi connectivity index (χ0n) is 16.8. The van der Waals surface area contributed by atoms with Gasteiger partial charge in [0.25, 0.3) is 0 Å². The molecule has 0 spiro atoms. The van der Waals surface area contributed by atoms with Crippen LogP contribution in [0.4, 0.5) is 5.69 Å². The normalized spacial score (nSPS) is 13.9. The van der Waals surface area contributed by atoms with E-state index in [9.17, 15) is 13.2 Å². The maximum Gasteiger partial charge on any atom is 0.232 e. The van der Waals surface area contributed by atoms with E-state index in [2.05, 4.69) is 12.1 Å². The van der Waals surface area contributed by atoms with Crippen molar-refractivity contribution >= 4 is 21.6 Å². The quantitative estimate of drug-likeness (QED) is 0.746. The van der Waals surface area contributed by atoms with E-state index in [1.165, 1.54) is 21.7 Å². The number of aryl methyl sites for hydroxylation is 2. The first-order valence-electron chi connectivity index (χ1n) is 9.65. The van der Waals surface area contributed by atoms with Gasteiger partial charge < -0.3 is 4.90 Å². The van der Waals surface area contributed by atoms with E-state index in [4.69, 9.17) is 0 Å². The Balaban J connectivity index is 1.61. The predicted molar refractivity (Wildman–Crippen MR) is 113 cm³/mol. The van der Waals surface area contributed by atoms with Crippen molar-refractivity contribution in [3.05, 3.63) is 64.7 Å². The lowest BCUT2D eigenvalue weighted by Crippen LogP contribution is -2.37. The summed E-state index contributed by atoms with van der Waals surface area (Å²) in [4.78, 5) is 14.5. The Morgan fingerprint density at radius 1 is 1.07 bits per heavy atom. The molecule has 0 saturated carbocycles. The minimum atomic E-state index is -3.40. The molecule has 3 rings (SSSR count). The van der Waals surface area contributed by atoms with Gasteiger partial charge in [0.15, 0.2) is 0 Å². The summed E-state index contributed by atoms with van der Waals surface area (Å²) >= 11 is 0. The minimum Gasteiger partial charge on any atom is -0.338 e. The topological polar surface area (TPSA) is 57.7 Å². The summed E-state index contributed by atoms with van der Waals surface area (Å²) in [7, 11) is -3.40. The van der Waals surface area contributed by atoms with Crippen LogP contribution in [0.2, 0.25) is 0 Å². The van der Waals surface area contributed by atoms with E-state index in [-0.39, 0.29) is 5.91 Å². The van der Waals surface area contributed by atoms with Crippen LogP contribution in [-0.2, 0) is 27.8 Å². The van der Waals surface area contributed by atoms with Gasteiger partial charge in [-0.3, -0.25) is 9.10 Å². The van der Waals surface area contributed by atoms with Crippen LogP contribution < -0.4 is 4.31 Å². The summed E-state index contributed by atoms with van der Waals surface area (Å²) in [6, 6.07) is 13.9. The van der Waals surface area contributed by atoms with Gasteiger partial charge in [-0.25, -0.2) is 8.42 Å². The van der Waals surface area contributed by atoms with Crippen LogP contribution in [0.15, 0.2) is 42.5 Å². The third-order valence-corrected chi connectivity index (χ3v) is 6.61. The highest BCUT2D eigenvalue weighted by Gasteiger charge is 2.22. The fraction of sp³-hybridized carbons (Fsp3) is 0.409. The number of anilines is 1. The molecule has 1 amide bonds. The number of sulfonamides is 1. The number of amides is 1. The van der Waals surface area contributed by atoms with Crippen molar-refractivity contribution in [2.75, 3.05) is 23.7 Å². The molecule has 150 valence electrons. The fourth-order valence-corrected chi connectivity index (χ4v) is 4.56. The van der Waals surface area contributed by atoms with Gasteiger partial charge in [-0.2, -0.15) is 0 Å². The first-order valence-corrected chi connectivity index (χ1v) is 11.5. The van der Waals surface area contributed by atoms with Gasteiger partial charge in [-0.15, -0.1) is 0 Å². The largest absolute Gasteiger partial charge is 0.338 e. The summed E-state index contributed by atoms with van der Waals surface area (Å²) in [5.41, 5.74) is 5.34. The summed E-state index contributed by atoms with van der Waals surface area (Å²) in [6.45, 7) is 5.64. The SMILES string of the molecule is Cc1ccc(N(CCCC(=O)N2CCc3ccccc3C2)S(C)(=O)=O)cc1C. The summed E-state index contributed by atoms with van der Waals surface area (Å²) in [5, 5.41) is 0. The van der Waals surface area contributed by atoms with E-state index < -0.39 is 10.0 Å². The molecule has 1 heterocycles. The molecule has 2 aromatic rings. The highest BCUT2D eigenvalue weighted by molar-refractivity contribution is 7.92. The molecule has 0 aromatic heterocycles. The molecule has 1 aliphatic heterocycles. The van der Waals surface area contributed by atoms with Crippen LogP contribution >= 0.6 is 0 Å². The average Bonchev–Trinajstić information content (AvgIpc) is 2.66. The van der Waals surface area contributed by atoms with E-state index in [1.54, 1.807) is 0 Å². The number of carbonyl (C=O) groups excluding carboxylic acids is 1. The number of rotatable bonds is 6. The lowest BCUT2D eigenvalue weighted by molar-refractivity contribution is -0.132. The van der Waals surface area contributed by atoms with Crippen molar-refractivity contribution in [1.29, 1.82) is 0 Å². The highest BCUT2D eigenvalue weighted by atomic mass is 32.2. The lowest BCUT2D eigenvalue weighted by Gasteiger charge is -2.29. The van der Waals surface area contributed by atoms with Crippen molar-refractivity contribution < 1.29 is 13.2 Å². The maximum atomic E-state index is 12.6. The van der Waals surface area contributed by atoms with Crippen LogP contribution in [-0.4, -0.2) is 38.6 Å². The molecule has 0 saturated heterocycles. The molecule has 0 N–H and O–H groups in total. The van der Waals surface area contributed by atoms with Crippen molar-refractivity contribution in [2.45, 2.75) is 39.7 Å². The first-order chi connectivity index (χ1) is 13.3. The summed E-state index contributed by atoms with van der Waals surface area (Å²) < 4.78 is 25.9. The molecule has 1 aliphatic rings. The number of fused-ring (bicyclic) bond motifs is 1. The Kier molecular flexibility index (Phi) is 6.08. The van der Waals surface area contributed by atoms with Crippen molar-refractivity contribution in [1.82, 2.24) is 4.90 Å². The summed E-state index contributed by atoms with van der Waals surface area (Å²) in [6.07, 6.45) is 2.93. The van der Waals surface area contributed by atoms with E-state index in [0.717, 1.165) is 24.1 Å². The monoisotopic (exact) mass is 400 g/mol. The molecule has 0 unspecified atom stereocenters. The van der Waals surface area contributed by atoms with Gasteiger partial charge in [0, 0.05) is 26.1 Å². The smallest absolute Gasteiger partial charge is 0.232 e. The Labute approximate surface area is 168 Å². The zero-order chi connectivity index (χ0) is 20.3. The molecule has 28 heavy (non-hydrogen) atoms. The Morgan fingerprint density at radius 2 is 1.79 bits per heavy atom. The Hall–Kier alpha value is -2.34. The second kappa shape index (κ2) is 8.35. The van der Waals surface area contributed by atoms with E-state index >= 15 is 0 Å². The van der Waals surface area contributed by atoms with Gasteiger partial charge in [0.05, 0.1) is 11.9 Å². The molecule has 5 nitrogen and oxygen atoms in total. The number of hydrogen-bond acceptors (Lipinski definition) is 3. The van der Waals surface area contributed by atoms with Gasteiger partial charge >= 0.3 is 0 Å². The number of benzene rings is 2. The van der Waals surface area contributed by atoms with Crippen LogP contribution in [0.3, 0.4) is 0 Å². The van der Waals surface area contributed by atoms with E-state index in [1.807, 2.05) is 49.1 Å².